The van der Waals surface area contributed by atoms with Crippen LogP contribution in [-0.4, -0.2) is 55.3 Å². The summed E-state index contributed by atoms with van der Waals surface area (Å²) in [6, 6.07) is 0. The minimum absolute atomic E-state index is 0.0237. The fourth-order valence-electron chi connectivity index (χ4n) is 9.18. The number of aliphatic hydroxyl groups is 2. The van der Waals surface area contributed by atoms with E-state index in [0.717, 1.165) is 38.5 Å². The molecule has 0 aliphatic heterocycles. The molecule has 3 N–H and O–H groups in total. The lowest BCUT2D eigenvalue weighted by atomic mass is 9.43. The fraction of sp³-hybridized carbons (Fsp3) is 0.963. The van der Waals surface area contributed by atoms with Gasteiger partial charge in [-0.2, -0.15) is 0 Å². The van der Waals surface area contributed by atoms with Crippen LogP contribution < -0.4 is 5.32 Å². The van der Waals surface area contributed by atoms with Gasteiger partial charge in [-0.25, -0.2) is 8.42 Å². The van der Waals surface area contributed by atoms with E-state index in [1.54, 1.807) is 0 Å². The Kier molecular flexibility index (Phi) is 7.50. The van der Waals surface area contributed by atoms with Crippen LogP contribution in [0.3, 0.4) is 0 Å². The van der Waals surface area contributed by atoms with Gasteiger partial charge in [-0.1, -0.05) is 20.8 Å². The van der Waals surface area contributed by atoms with Crippen LogP contribution in [0.1, 0.15) is 85.0 Å². The maximum absolute atomic E-state index is 12.3. The van der Waals surface area contributed by atoms with Gasteiger partial charge in [0.15, 0.2) is 0 Å². The van der Waals surface area contributed by atoms with Crippen molar-refractivity contribution in [1.29, 1.82) is 0 Å². The number of aliphatic hydroxyl groups excluding tert-OH is 2. The molecule has 7 heteroatoms. The van der Waals surface area contributed by atoms with Gasteiger partial charge in [0.1, 0.15) is 9.84 Å². The Hall–Kier alpha value is -0.660. The minimum atomic E-state index is -3.07. The zero-order valence-corrected chi connectivity index (χ0v) is 22.4. The van der Waals surface area contributed by atoms with E-state index in [1.165, 1.54) is 25.5 Å². The summed E-state index contributed by atoms with van der Waals surface area (Å²) in [7, 11) is -3.07. The quantitative estimate of drug-likeness (QED) is 0.499. The average molecular weight is 498 g/mol. The Morgan fingerprint density at radius 3 is 2.50 bits per heavy atom. The second-order valence-electron chi connectivity index (χ2n) is 12.9. The van der Waals surface area contributed by atoms with Crippen LogP contribution in [0, 0.1) is 46.3 Å². The predicted octanol–water partition coefficient (Wildman–Crippen LogP) is 3.55. The summed E-state index contributed by atoms with van der Waals surface area (Å²) in [4.78, 5) is 12.3. The number of nitrogens with one attached hydrogen (secondary N) is 1. The molecule has 0 heterocycles. The van der Waals surface area contributed by atoms with Crippen molar-refractivity contribution in [1.82, 2.24) is 5.32 Å². The number of hydrogen-bond acceptors (Lipinski definition) is 5. The van der Waals surface area contributed by atoms with E-state index in [2.05, 4.69) is 26.1 Å². The summed E-state index contributed by atoms with van der Waals surface area (Å²) in [6.07, 6.45) is 10.5. The summed E-state index contributed by atoms with van der Waals surface area (Å²) in [5, 5.41) is 24.6. The second kappa shape index (κ2) is 9.66. The molecule has 0 spiro atoms. The summed E-state index contributed by atoms with van der Waals surface area (Å²) < 4.78 is 22.6. The van der Waals surface area contributed by atoms with E-state index >= 15 is 0 Å². The van der Waals surface area contributed by atoms with Gasteiger partial charge in [-0.3, -0.25) is 4.79 Å². The molecular weight excluding hydrogens is 450 g/mol. The van der Waals surface area contributed by atoms with Gasteiger partial charge < -0.3 is 15.5 Å². The Labute approximate surface area is 206 Å². The highest BCUT2D eigenvalue weighted by Crippen LogP contribution is 2.68. The standard InChI is InChI=1S/C27H47NO5S/c1-17(5-10-25(31)28-13-14-34(4,32)33)21-8-9-22-20-7-6-18-15-19(29)11-12-26(18,2)23(20)16-24(30)27(21,22)3/h17-24,29-30H,5-16H2,1-4H3,(H,28,31)/t17-,18-,19-,20+,21-,22+,23+,24+,26+,27-/m1/s1. The highest BCUT2D eigenvalue weighted by atomic mass is 32.2. The molecule has 4 fully saturated rings. The van der Waals surface area contributed by atoms with Gasteiger partial charge in [-0.05, 0) is 104 Å². The molecule has 4 aliphatic rings. The van der Waals surface area contributed by atoms with Crippen molar-refractivity contribution in [3.63, 3.8) is 0 Å². The van der Waals surface area contributed by atoms with Crippen molar-refractivity contribution in [2.45, 2.75) is 97.2 Å². The van der Waals surface area contributed by atoms with E-state index in [0.29, 0.717) is 41.9 Å². The number of carbonyl (C=O) groups is 1. The molecule has 0 aromatic rings. The van der Waals surface area contributed by atoms with Gasteiger partial charge in [0.05, 0.1) is 18.0 Å². The van der Waals surface area contributed by atoms with Crippen LogP contribution in [0.15, 0.2) is 0 Å². The Balaban J connectivity index is 1.40. The SMILES string of the molecule is C[C@H](CCC(=O)NCCS(C)(=O)=O)[C@H]1CC[C@H]2[C@@H]3CC[C@@H]4C[C@H](O)CC[C@]4(C)[C@H]3C[C@H](O)[C@]12C. The zero-order valence-electron chi connectivity index (χ0n) is 21.6. The van der Waals surface area contributed by atoms with Crippen molar-refractivity contribution in [3.05, 3.63) is 0 Å². The van der Waals surface area contributed by atoms with Crippen molar-refractivity contribution in [3.8, 4) is 0 Å². The van der Waals surface area contributed by atoms with E-state index < -0.39 is 9.84 Å². The van der Waals surface area contributed by atoms with E-state index in [-0.39, 0.29) is 41.2 Å². The first-order chi connectivity index (χ1) is 15.9. The molecule has 4 saturated carbocycles. The van der Waals surface area contributed by atoms with E-state index in [9.17, 15) is 23.4 Å². The third-order valence-electron chi connectivity index (χ3n) is 11.1. The molecule has 0 aromatic carbocycles. The molecule has 4 rings (SSSR count). The van der Waals surface area contributed by atoms with Crippen molar-refractivity contribution in [2.75, 3.05) is 18.6 Å². The Morgan fingerprint density at radius 2 is 1.79 bits per heavy atom. The summed E-state index contributed by atoms with van der Waals surface area (Å²) in [6.45, 7) is 7.20. The first kappa shape index (κ1) is 26.4. The highest BCUT2D eigenvalue weighted by Gasteiger charge is 2.63. The number of carbonyl (C=O) groups excluding carboxylic acids is 1. The summed E-state index contributed by atoms with van der Waals surface area (Å²) in [5.41, 5.74) is 0.156. The number of rotatable bonds is 7. The maximum Gasteiger partial charge on any atom is 0.220 e. The molecule has 0 radical (unpaired) electrons. The number of amides is 1. The van der Waals surface area contributed by atoms with Crippen LogP contribution in [0.25, 0.3) is 0 Å². The van der Waals surface area contributed by atoms with Crippen LogP contribution in [0.2, 0.25) is 0 Å². The Bertz CT molecular complexity index is 861. The lowest BCUT2D eigenvalue weighted by Gasteiger charge is -2.62. The van der Waals surface area contributed by atoms with Crippen LogP contribution in [0.4, 0.5) is 0 Å². The van der Waals surface area contributed by atoms with Crippen molar-refractivity contribution in [2.24, 2.45) is 46.3 Å². The van der Waals surface area contributed by atoms with Gasteiger partial charge in [0.25, 0.3) is 0 Å². The van der Waals surface area contributed by atoms with Crippen LogP contribution >= 0.6 is 0 Å². The second-order valence-corrected chi connectivity index (χ2v) is 15.1. The van der Waals surface area contributed by atoms with E-state index in [4.69, 9.17) is 0 Å². The Morgan fingerprint density at radius 1 is 1.06 bits per heavy atom. The topological polar surface area (TPSA) is 104 Å². The summed E-state index contributed by atoms with van der Waals surface area (Å²) in [5.74, 6) is 3.01. The van der Waals surface area contributed by atoms with Crippen LogP contribution in [0.5, 0.6) is 0 Å². The monoisotopic (exact) mass is 497 g/mol. The largest absolute Gasteiger partial charge is 0.393 e. The summed E-state index contributed by atoms with van der Waals surface area (Å²) >= 11 is 0. The number of sulfone groups is 1. The minimum Gasteiger partial charge on any atom is -0.393 e. The zero-order chi connectivity index (χ0) is 24.9. The lowest BCUT2D eigenvalue weighted by molar-refractivity contribution is -0.174. The molecule has 0 bridgehead atoms. The number of hydrogen-bond donors (Lipinski definition) is 3. The first-order valence-corrected chi connectivity index (χ1v) is 15.7. The smallest absolute Gasteiger partial charge is 0.220 e. The molecule has 4 aliphatic carbocycles. The maximum atomic E-state index is 12.3. The molecule has 0 unspecified atom stereocenters. The fourth-order valence-corrected chi connectivity index (χ4v) is 9.66. The van der Waals surface area contributed by atoms with Crippen molar-refractivity contribution >= 4 is 15.7 Å². The molecule has 1 amide bonds. The average Bonchev–Trinajstić information content (AvgIpc) is 3.11. The van der Waals surface area contributed by atoms with Crippen molar-refractivity contribution < 1.29 is 23.4 Å². The van der Waals surface area contributed by atoms with Gasteiger partial charge in [0.2, 0.25) is 5.91 Å². The molecule has 0 saturated heterocycles. The van der Waals surface area contributed by atoms with E-state index in [1.807, 2.05) is 0 Å². The normalized spacial score (nSPS) is 45.1. The van der Waals surface area contributed by atoms with Crippen LogP contribution in [-0.2, 0) is 14.6 Å². The lowest BCUT2D eigenvalue weighted by Crippen LogP contribution is -2.58. The molecular formula is C27H47NO5S. The molecule has 10 atom stereocenters. The first-order valence-electron chi connectivity index (χ1n) is 13.7. The van der Waals surface area contributed by atoms with Gasteiger partial charge in [0, 0.05) is 19.2 Å². The number of fused-ring (bicyclic) bond motifs is 5. The third kappa shape index (κ3) is 4.82. The molecule has 34 heavy (non-hydrogen) atoms. The van der Waals surface area contributed by atoms with Gasteiger partial charge in [-0.15, -0.1) is 0 Å². The van der Waals surface area contributed by atoms with Gasteiger partial charge >= 0.3 is 0 Å². The predicted molar refractivity (Wildman–Crippen MR) is 134 cm³/mol. The highest BCUT2D eigenvalue weighted by molar-refractivity contribution is 7.90. The molecule has 6 nitrogen and oxygen atoms in total. The molecule has 0 aromatic heterocycles. The molecule has 196 valence electrons. The third-order valence-corrected chi connectivity index (χ3v) is 12.1.